The molecule has 1 fully saturated rings. The summed E-state index contributed by atoms with van der Waals surface area (Å²) >= 11 is 0. The summed E-state index contributed by atoms with van der Waals surface area (Å²) in [5, 5.41) is 2.68. The second kappa shape index (κ2) is 7.69. The van der Waals surface area contributed by atoms with Gasteiger partial charge in [-0.3, -0.25) is 9.59 Å². The lowest BCUT2D eigenvalue weighted by molar-refractivity contribution is -0.137. The largest absolute Gasteiger partial charge is 0.483 e. The minimum absolute atomic E-state index is 0.0154. The number of piperidine rings is 1. The fraction of sp³-hybridized carbons (Fsp3) is 0.579. The summed E-state index contributed by atoms with van der Waals surface area (Å²) in [6.45, 7) is 7.64. The van der Waals surface area contributed by atoms with E-state index >= 15 is 0 Å². The third-order valence-electron chi connectivity index (χ3n) is 4.51. The minimum Gasteiger partial charge on any atom is -0.483 e. The Morgan fingerprint density at radius 2 is 1.83 bits per heavy atom. The number of nitrogens with zero attached hydrogens (tertiary/aromatic N) is 1. The molecule has 0 radical (unpaired) electrons. The Kier molecular flexibility index (Phi) is 5.86. The molecule has 1 aliphatic rings. The standard InChI is InChI=1S/C19H28N2O3/c1-19(2,3)15-7-5-6-8-16(15)24-13-17(22)21-11-9-14(10-12-21)18(23)20-4/h5-8,14H,9-13H2,1-4H3,(H,20,23). The van der Waals surface area contributed by atoms with Crippen molar-refractivity contribution in [1.29, 1.82) is 0 Å². The molecule has 0 aromatic heterocycles. The van der Waals surface area contributed by atoms with Gasteiger partial charge in [0.05, 0.1) is 0 Å². The molecule has 24 heavy (non-hydrogen) atoms. The van der Waals surface area contributed by atoms with Crippen LogP contribution in [-0.4, -0.2) is 43.5 Å². The van der Waals surface area contributed by atoms with Crippen LogP contribution in [0.4, 0.5) is 0 Å². The molecule has 1 saturated heterocycles. The van der Waals surface area contributed by atoms with Crippen LogP contribution in [0.2, 0.25) is 0 Å². The van der Waals surface area contributed by atoms with E-state index in [4.69, 9.17) is 4.74 Å². The molecular weight excluding hydrogens is 304 g/mol. The molecule has 0 bridgehead atoms. The Morgan fingerprint density at radius 1 is 1.21 bits per heavy atom. The Hall–Kier alpha value is -2.04. The Bertz CT molecular complexity index is 585. The van der Waals surface area contributed by atoms with Crippen LogP contribution < -0.4 is 10.1 Å². The molecule has 5 heteroatoms. The van der Waals surface area contributed by atoms with Gasteiger partial charge >= 0.3 is 0 Å². The lowest BCUT2D eigenvalue weighted by Gasteiger charge is -2.31. The molecule has 1 aliphatic heterocycles. The molecule has 0 spiro atoms. The van der Waals surface area contributed by atoms with Gasteiger partial charge < -0.3 is 15.0 Å². The van der Waals surface area contributed by atoms with E-state index in [0.717, 1.165) is 11.3 Å². The second-order valence-electron chi connectivity index (χ2n) is 7.30. The van der Waals surface area contributed by atoms with Crippen LogP contribution >= 0.6 is 0 Å². The normalized spacial score (nSPS) is 15.9. The van der Waals surface area contributed by atoms with Crippen molar-refractivity contribution < 1.29 is 14.3 Å². The van der Waals surface area contributed by atoms with Gasteiger partial charge in [-0.25, -0.2) is 0 Å². The molecule has 1 aromatic rings. The Labute approximate surface area is 144 Å². The number of likely N-dealkylation sites (tertiary alicyclic amines) is 1. The third kappa shape index (κ3) is 4.49. The molecular formula is C19H28N2O3. The van der Waals surface area contributed by atoms with E-state index in [9.17, 15) is 9.59 Å². The van der Waals surface area contributed by atoms with E-state index in [2.05, 4.69) is 26.1 Å². The number of benzene rings is 1. The highest BCUT2D eigenvalue weighted by molar-refractivity contribution is 5.80. The van der Waals surface area contributed by atoms with Crippen molar-refractivity contribution in [3.05, 3.63) is 29.8 Å². The van der Waals surface area contributed by atoms with Gasteiger partial charge in [0.15, 0.2) is 6.61 Å². The average Bonchev–Trinajstić information content (AvgIpc) is 2.58. The van der Waals surface area contributed by atoms with Crippen molar-refractivity contribution in [3.63, 3.8) is 0 Å². The third-order valence-corrected chi connectivity index (χ3v) is 4.51. The van der Waals surface area contributed by atoms with Crippen molar-refractivity contribution >= 4 is 11.8 Å². The first-order chi connectivity index (χ1) is 11.3. The zero-order valence-electron chi connectivity index (χ0n) is 15.1. The summed E-state index contributed by atoms with van der Waals surface area (Å²) in [7, 11) is 1.65. The smallest absolute Gasteiger partial charge is 0.260 e. The monoisotopic (exact) mass is 332 g/mol. The first kappa shape index (κ1) is 18.3. The molecule has 5 nitrogen and oxygen atoms in total. The lowest BCUT2D eigenvalue weighted by atomic mass is 9.86. The highest BCUT2D eigenvalue weighted by Crippen LogP contribution is 2.31. The van der Waals surface area contributed by atoms with Crippen LogP contribution in [-0.2, 0) is 15.0 Å². The highest BCUT2D eigenvalue weighted by atomic mass is 16.5. The van der Waals surface area contributed by atoms with Crippen molar-refractivity contribution in [1.82, 2.24) is 10.2 Å². The molecule has 1 N–H and O–H groups in total. The van der Waals surface area contributed by atoms with Crippen molar-refractivity contribution in [3.8, 4) is 5.75 Å². The zero-order valence-corrected chi connectivity index (χ0v) is 15.1. The van der Waals surface area contributed by atoms with Gasteiger partial charge in [-0.15, -0.1) is 0 Å². The lowest BCUT2D eigenvalue weighted by Crippen LogP contribution is -2.44. The number of nitrogens with one attached hydrogen (secondary N) is 1. The number of hydrogen-bond acceptors (Lipinski definition) is 3. The fourth-order valence-corrected chi connectivity index (χ4v) is 3.04. The summed E-state index contributed by atoms with van der Waals surface area (Å²) in [4.78, 5) is 25.8. The van der Waals surface area contributed by atoms with E-state index in [1.165, 1.54) is 0 Å². The quantitative estimate of drug-likeness (QED) is 0.921. The van der Waals surface area contributed by atoms with Crippen molar-refractivity contribution in [2.75, 3.05) is 26.7 Å². The summed E-state index contributed by atoms with van der Waals surface area (Å²) < 4.78 is 5.80. The summed E-state index contributed by atoms with van der Waals surface area (Å²) in [6.07, 6.45) is 1.42. The summed E-state index contributed by atoms with van der Waals surface area (Å²) in [6, 6.07) is 7.85. The van der Waals surface area contributed by atoms with E-state index in [-0.39, 0.29) is 29.8 Å². The topological polar surface area (TPSA) is 58.6 Å². The average molecular weight is 332 g/mol. The SMILES string of the molecule is CNC(=O)C1CCN(C(=O)COc2ccccc2C(C)(C)C)CC1. The minimum atomic E-state index is -0.0362. The van der Waals surface area contributed by atoms with E-state index in [1.807, 2.05) is 24.3 Å². The molecule has 0 unspecified atom stereocenters. The predicted octanol–water partition coefficient (Wildman–Crippen LogP) is 2.35. The van der Waals surface area contributed by atoms with E-state index in [0.29, 0.717) is 25.9 Å². The van der Waals surface area contributed by atoms with Crippen molar-refractivity contribution in [2.45, 2.75) is 39.0 Å². The van der Waals surface area contributed by atoms with Crippen molar-refractivity contribution in [2.24, 2.45) is 5.92 Å². The molecule has 0 atom stereocenters. The van der Waals surface area contributed by atoms with Gasteiger partial charge in [0.2, 0.25) is 5.91 Å². The molecule has 0 aliphatic carbocycles. The molecule has 0 saturated carbocycles. The summed E-state index contributed by atoms with van der Waals surface area (Å²) in [5.41, 5.74) is 1.06. The molecule has 1 aromatic carbocycles. The van der Waals surface area contributed by atoms with Gasteiger partial charge in [0.25, 0.3) is 5.91 Å². The van der Waals surface area contributed by atoms with Gasteiger partial charge in [-0.05, 0) is 29.9 Å². The predicted molar refractivity (Wildman–Crippen MR) is 94.0 cm³/mol. The maximum absolute atomic E-state index is 12.4. The van der Waals surface area contributed by atoms with Crippen LogP contribution in [0.5, 0.6) is 5.75 Å². The Balaban J connectivity index is 1.90. The van der Waals surface area contributed by atoms with Gasteiger partial charge in [0, 0.05) is 26.1 Å². The maximum atomic E-state index is 12.4. The van der Waals surface area contributed by atoms with E-state index < -0.39 is 0 Å². The second-order valence-corrected chi connectivity index (χ2v) is 7.30. The molecule has 132 valence electrons. The van der Waals surface area contributed by atoms with Crippen LogP contribution in [0.3, 0.4) is 0 Å². The summed E-state index contributed by atoms with van der Waals surface area (Å²) in [5.74, 6) is 0.826. The number of carbonyl (C=O) groups excluding carboxylic acids is 2. The van der Waals surface area contributed by atoms with Crippen LogP contribution in [0, 0.1) is 5.92 Å². The van der Waals surface area contributed by atoms with Crippen LogP contribution in [0.25, 0.3) is 0 Å². The van der Waals surface area contributed by atoms with Gasteiger partial charge in [-0.2, -0.15) is 0 Å². The van der Waals surface area contributed by atoms with Crippen LogP contribution in [0.15, 0.2) is 24.3 Å². The number of rotatable bonds is 4. The first-order valence-electron chi connectivity index (χ1n) is 8.54. The fourth-order valence-electron chi connectivity index (χ4n) is 3.04. The van der Waals surface area contributed by atoms with E-state index in [1.54, 1.807) is 11.9 Å². The first-order valence-corrected chi connectivity index (χ1v) is 8.54. The number of carbonyl (C=O) groups is 2. The molecule has 1 heterocycles. The van der Waals surface area contributed by atoms with Gasteiger partial charge in [-0.1, -0.05) is 39.0 Å². The Morgan fingerprint density at radius 3 is 2.42 bits per heavy atom. The van der Waals surface area contributed by atoms with Crippen LogP contribution in [0.1, 0.15) is 39.2 Å². The number of ether oxygens (including phenoxy) is 1. The number of amides is 2. The molecule has 2 amide bonds. The number of hydrogen-bond donors (Lipinski definition) is 1. The molecule has 2 rings (SSSR count). The number of para-hydroxylation sites is 1. The maximum Gasteiger partial charge on any atom is 0.260 e. The highest BCUT2D eigenvalue weighted by Gasteiger charge is 2.27. The van der Waals surface area contributed by atoms with Gasteiger partial charge in [0.1, 0.15) is 5.75 Å². The zero-order chi connectivity index (χ0) is 17.7.